The average Bonchev–Trinajstić information content (AvgIpc) is 2.72. The van der Waals surface area contributed by atoms with E-state index in [2.05, 4.69) is 28.6 Å². The van der Waals surface area contributed by atoms with Crippen molar-refractivity contribution < 1.29 is 39.3 Å². The highest BCUT2D eigenvalue weighted by Gasteiger charge is 2.32. The monoisotopic (exact) mass is 479 g/mol. The van der Waals surface area contributed by atoms with Crippen LogP contribution >= 0.6 is 12.6 Å². The van der Waals surface area contributed by atoms with Crippen LogP contribution in [0.5, 0.6) is 0 Å². The van der Waals surface area contributed by atoms with Gasteiger partial charge in [-0.15, -0.1) is 0 Å². The van der Waals surface area contributed by atoms with Crippen LogP contribution in [0.25, 0.3) is 0 Å². The summed E-state index contributed by atoms with van der Waals surface area (Å²) in [5, 5.41) is 34.7. The maximum Gasteiger partial charge on any atom is 0.326 e. The fraction of sp³-hybridized carbons (Fsp3) is 0.722. The smallest absolute Gasteiger partial charge is 0.326 e. The molecule has 0 aliphatic rings. The molecule has 5 unspecified atom stereocenters. The van der Waals surface area contributed by atoms with Gasteiger partial charge in [-0.3, -0.25) is 19.2 Å². The van der Waals surface area contributed by atoms with Crippen LogP contribution in [0.4, 0.5) is 0 Å². The molecule has 0 aromatic carbocycles. The summed E-state index contributed by atoms with van der Waals surface area (Å²) in [5.41, 5.74) is 11.1. The topological polar surface area (TPSA) is 234 Å². The van der Waals surface area contributed by atoms with Crippen molar-refractivity contribution in [2.75, 3.05) is 12.3 Å². The predicted molar refractivity (Wildman–Crippen MR) is 117 cm³/mol. The number of aliphatic carboxylic acids is 2. The number of rotatable bonds is 16. The summed E-state index contributed by atoms with van der Waals surface area (Å²) in [6.07, 6.45) is -1.10. The Bertz CT molecular complexity index is 663. The van der Waals surface area contributed by atoms with Crippen LogP contribution in [0.1, 0.15) is 39.0 Å². The minimum Gasteiger partial charge on any atom is -0.481 e. The highest BCUT2D eigenvalue weighted by Crippen LogP contribution is 2.05. The molecule has 0 aromatic rings. The van der Waals surface area contributed by atoms with Gasteiger partial charge in [-0.05, 0) is 39.2 Å². The maximum absolute atomic E-state index is 12.7. The Morgan fingerprint density at radius 2 is 1.50 bits per heavy atom. The third-order valence-corrected chi connectivity index (χ3v) is 4.83. The summed E-state index contributed by atoms with van der Waals surface area (Å²) >= 11 is 3.93. The van der Waals surface area contributed by atoms with E-state index in [0.29, 0.717) is 19.4 Å². The summed E-state index contributed by atoms with van der Waals surface area (Å²) in [6.45, 7) is 1.57. The SMILES string of the molecule is CC(O)C(NC(=O)C(CCCCN)NC(=O)C(N)CS)C(=O)NC(CCC(=O)O)C(=O)O. The number of aliphatic hydroxyl groups is 1. The third-order valence-electron chi connectivity index (χ3n) is 4.44. The molecule has 10 N–H and O–H groups in total. The quantitative estimate of drug-likeness (QED) is 0.0812. The van der Waals surface area contributed by atoms with Gasteiger partial charge in [0.05, 0.1) is 12.1 Å². The molecule has 3 amide bonds. The first-order valence-corrected chi connectivity index (χ1v) is 10.7. The van der Waals surface area contributed by atoms with Crippen LogP contribution in [0.3, 0.4) is 0 Å². The molecule has 13 nitrogen and oxygen atoms in total. The summed E-state index contributed by atoms with van der Waals surface area (Å²) < 4.78 is 0. The van der Waals surface area contributed by atoms with Gasteiger partial charge in [0.1, 0.15) is 18.1 Å². The molecule has 184 valence electrons. The zero-order chi connectivity index (χ0) is 24.8. The lowest BCUT2D eigenvalue weighted by molar-refractivity contribution is -0.144. The zero-order valence-electron chi connectivity index (χ0n) is 17.8. The van der Waals surface area contributed by atoms with Gasteiger partial charge >= 0.3 is 11.9 Å². The first-order valence-electron chi connectivity index (χ1n) is 10.0. The Balaban J connectivity index is 5.36. The second-order valence-corrected chi connectivity index (χ2v) is 7.56. The van der Waals surface area contributed by atoms with E-state index in [9.17, 15) is 34.2 Å². The van der Waals surface area contributed by atoms with Crippen LogP contribution < -0.4 is 27.4 Å². The van der Waals surface area contributed by atoms with E-state index in [-0.39, 0.29) is 12.2 Å². The van der Waals surface area contributed by atoms with Crippen molar-refractivity contribution in [2.24, 2.45) is 11.5 Å². The first kappa shape index (κ1) is 29.6. The van der Waals surface area contributed by atoms with Crippen LogP contribution in [0.15, 0.2) is 0 Å². The molecule has 0 bridgehead atoms. The Morgan fingerprint density at radius 3 is 1.97 bits per heavy atom. The molecule has 0 radical (unpaired) electrons. The third kappa shape index (κ3) is 11.3. The highest BCUT2D eigenvalue weighted by atomic mass is 32.1. The second kappa shape index (κ2) is 15.4. The number of carboxylic acids is 2. The zero-order valence-corrected chi connectivity index (χ0v) is 18.7. The van der Waals surface area contributed by atoms with Crippen molar-refractivity contribution >= 4 is 42.3 Å². The van der Waals surface area contributed by atoms with E-state index >= 15 is 0 Å². The molecule has 0 saturated carbocycles. The fourth-order valence-corrected chi connectivity index (χ4v) is 2.73. The lowest BCUT2D eigenvalue weighted by Crippen LogP contribution is -2.60. The number of carbonyl (C=O) groups excluding carboxylic acids is 3. The molecule has 32 heavy (non-hydrogen) atoms. The molecule has 0 spiro atoms. The van der Waals surface area contributed by atoms with Crippen LogP contribution in [0, 0.1) is 0 Å². The Hall–Kier alpha value is -2.42. The van der Waals surface area contributed by atoms with Crippen molar-refractivity contribution in [3.05, 3.63) is 0 Å². The van der Waals surface area contributed by atoms with Crippen molar-refractivity contribution in [1.29, 1.82) is 0 Å². The predicted octanol–water partition coefficient (Wildman–Crippen LogP) is -2.84. The summed E-state index contributed by atoms with van der Waals surface area (Å²) in [7, 11) is 0. The molecule has 0 fully saturated rings. The minimum atomic E-state index is -1.55. The van der Waals surface area contributed by atoms with E-state index in [1.807, 2.05) is 0 Å². The number of carbonyl (C=O) groups is 5. The van der Waals surface area contributed by atoms with E-state index in [1.54, 1.807) is 0 Å². The number of carboxylic acid groups (broad SMARTS) is 2. The molecule has 0 rings (SSSR count). The molecular weight excluding hydrogens is 446 g/mol. The maximum atomic E-state index is 12.7. The number of aliphatic hydroxyl groups excluding tert-OH is 1. The standard InChI is InChI=1S/C18H33N5O8S/c1-9(24)14(17(29)22-12(18(30)31)5-6-13(25)26)23-16(28)11(4-2-3-7-19)21-15(27)10(20)8-32/h9-12,14,24,32H,2-8,19-20H2,1H3,(H,21,27)(H,22,29)(H,23,28)(H,25,26)(H,30,31). The number of hydrogen-bond donors (Lipinski definition) is 9. The second-order valence-electron chi connectivity index (χ2n) is 7.19. The number of thiol groups is 1. The normalized spacial score (nSPS) is 15.5. The van der Waals surface area contributed by atoms with E-state index in [0.717, 1.165) is 0 Å². The molecule has 14 heteroatoms. The lowest BCUT2D eigenvalue weighted by Gasteiger charge is -2.26. The summed E-state index contributed by atoms with van der Waals surface area (Å²) in [6, 6.07) is -5.15. The van der Waals surface area contributed by atoms with Gasteiger partial charge in [0, 0.05) is 12.2 Å². The largest absolute Gasteiger partial charge is 0.481 e. The van der Waals surface area contributed by atoms with Gasteiger partial charge in [0.25, 0.3) is 0 Å². The van der Waals surface area contributed by atoms with Crippen molar-refractivity contribution in [3.8, 4) is 0 Å². The lowest BCUT2D eigenvalue weighted by atomic mass is 10.1. The van der Waals surface area contributed by atoms with Gasteiger partial charge in [-0.25, -0.2) is 4.79 Å². The molecule has 0 heterocycles. The fourth-order valence-electron chi connectivity index (χ4n) is 2.57. The summed E-state index contributed by atoms with van der Waals surface area (Å²) in [4.78, 5) is 59.3. The van der Waals surface area contributed by atoms with E-state index < -0.39 is 72.8 Å². The molecule has 0 aromatic heterocycles. The van der Waals surface area contributed by atoms with Crippen molar-refractivity contribution in [1.82, 2.24) is 16.0 Å². The Morgan fingerprint density at radius 1 is 0.906 bits per heavy atom. The van der Waals surface area contributed by atoms with Gasteiger partial charge in [0.2, 0.25) is 17.7 Å². The number of nitrogens with one attached hydrogen (secondary N) is 3. The van der Waals surface area contributed by atoms with Gasteiger partial charge in [0.15, 0.2) is 0 Å². The number of hydrogen-bond acceptors (Lipinski definition) is 9. The van der Waals surface area contributed by atoms with Crippen molar-refractivity contribution in [3.63, 3.8) is 0 Å². The molecule has 0 saturated heterocycles. The van der Waals surface area contributed by atoms with Crippen molar-refractivity contribution in [2.45, 2.75) is 69.3 Å². The summed E-state index contributed by atoms with van der Waals surface area (Å²) in [5.74, 6) is -5.13. The minimum absolute atomic E-state index is 0.0363. The first-order chi connectivity index (χ1) is 14.9. The Kier molecular flexibility index (Phi) is 14.2. The van der Waals surface area contributed by atoms with Crippen LogP contribution in [-0.2, 0) is 24.0 Å². The van der Waals surface area contributed by atoms with Gasteiger partial charge < -0.3 is 42.7 Å². The van der Waals surface area contributed by atoms with Gasteiger partial charge in [-0.1, -0.05) is 0 Å². The molecular formula is C18H33N5O8S. The molecule has 0 aliphatic heterocycles. The van der Waals surface area contributed by atoms with E-state index in [4.69, 9.17) is 16.6 Å². The van der Waals surface area contributed by atoms with Crippen LogP contribution in [-0.4, -0.2) is 87.5 Å². The molecule has 0 aliphatic carbocycles. The molecule has 5 atom stereocenters. The number of unbranched alkanes of at least 4 members (excludes halogenated alkanes) is 1. The van der Waals surface area contributed by atoms with Gasteiger partial charge in [-0.2, -0.15) is 12.6 Å². The number of nitrogens with two attached hydrogens (primary N) is 2. The Labute approximate surface area is 191 Å². The van der Waals surface area contributed by atoms with E-state index in [1.165, 1.54) is 6.92 Å². The number of amides is 3. The average molecular weight is 480 g/mol. The highest BCUT2D eigenvalue weighted by molar-refractivity contribution is 7.80. The van der Waals surface area contributed by atoms with Crippen LogP contribution in [0.2, 0.25) is 0 Å².